The number of nitrogens with one attached hydrogen (secondary N) is 1. The summed E-state index contributed by atoms with van der Waals surface area (Å²) in [6.45, 7) is 11.0. The van der Waals surface area contributed by atoms with Crippen LogP contribution in [0.15, 0.2) is 71.6 Å². The number of aliphatic imine (C=N–C) groups is 1. The summed E-state index contributed by atoms with van der Waals surface area (Å²) in [7, 11) is 1.65. The minimum absolute atomic E-state index is 0.585. The first-order valence-electron chi connectivity index (χ1n) is 11.6. The van der Waals surface area contributed by atoms with Crippen molar-refractivity contribution in [3.05, 3.63) is 83.3 Å². The molecule has 1 heterocycles. The van der Waals surface area contributed by atoms with Gasteiger partial charge in [-0.25, -0.2) is 4.99 Å². The van der Waals surface area contributed by atoms with Crippen LogP contribution in [0.1, 0.15) is 50.3 Å². The van der Waals surface area contributed by atoms with Crippen LogP contribution in [0.5, 0.6) is 11.5 Å². The van der Waals surface area contributed by atoms with Crippen LogP contribution in [0.25, 0.3) is 5.70 Å². The molecule has 0 aromatic heterocycles. The molecule has 0 radical (unpaired) electrons. The predicted octanol–water partition coefficient (Wildman–Crippen LogP) is 7.05. The molecule has 5 nitrogen and oxygen atoms in total. The van der Waals surface area contributed by atoms with E-state index in [1.54, 1.807) is 7.11 Å². The van der Waals surface area contributed by atoms with E-state index in [1.165, 1.54) is 11.1 Å². The molecule has 0 fully saturated rings. The Morgan fingerprint density at radius 1 is 1.03 bits per heavy atom. The second kappa shape index (κ2) is 11.4. The van der Waals surface area contributed by atoms with Gasteiger partial charge in [0.2, 0.25) is 0 Å². The maximum absolute atomic E-state index is 5.67. The van der Waals surface area contributed by atoms with E-state index < -0.39 is 0 Å². The topological polar surface area (TPSA) is 46.1 Å². The Morgan fingerprint density at radius 3 is 2.52 bits per heavy atom. The van der Waals surface area contributed by atoms with Crippen molar-refractivity contribution in [3.8, 4) is 11.5 Å². The molecule has 33 heavy (non-hydrogen) atoms. The van der Waals surface area contributed by atoms with E-state index in [-0.39, 0.29) is 0 Å². The minimum atomic E-state index is 0.585. The SMILES string of the molecule is C/C=C\N1C=C(c2ccc(C)c(C)c2)N=C(Nc2ccc(OCC)c(OC)c2)/C1=C\CCC. The van der Waals surface area contributed by atoms with E-state index in [0.717, 1.165) is 47.1 Å². The van der Waals surface area contributed by atoms with E-state index in [1.807, 2.05) is 38.1 Å². The van der Waals surface area contributed by atoms with Gasteiger partial charge < -0.3 is 19.7 Å². The highest BCUT2D eigenvalue weighted by molar-refractivity contribution is 6.11. The molecular formula is C28H35N3O2. The molecule has 0 saturated carbocycles. The Kier molecular flexibility index (Phi) is 8.36. The van der Waals surface area contributed by atoms with E-state index in [4.69, 9.17) is 14.5 Å². The molecule has 1 aliphatic heterocycles. The maximum Gasteiger partial charge on any atom is 0.162 e. The van der Waals surface area contributed by atoms with Gasteiger partial charge in [0.15, 0.2) is 17.3 Å². The minimum Gasteiger partial charge on any atom is -0.493 e. The highest BCUT2D eigenvalue weighted by Gasteiger charge is 2.20. The van der Waals surface area contributed by atoms with Crippen molar-refractivity contribution in [2.45, 2.75) is 47.5 Å². The largest absolute Gasteiger partial charge is 0.493 e. The molecule has 5 heteroatoms. The van der Waals surface area contributed by atoms with E-state index in [0.29, 0.717) is 12.4 Å². The third-order valence-corrected chi connectivity index (χ3v) is 5.48. The summed E-state index contributed by atoms with van der Waals surface area (Å²) in [5.41, 5.74) is 6.43. The maximum atomic E-state index is 5.67. The van der Waals surface area contributed by atoms with Gasteiger partial charge in [0, 0.05) is 29.7 Å². The molecule has 2 aromatic carbocycles. The van der Waals surface area contributed by atoms with Crippen LogP contribution in [0, 0.1) is 13.8 Å². The van der Waals surface area contributed by atoms with Gasteiger partial charge in [0.25, 0.3) is 0 Å². The number of unbranched alkanes of at least 4 members (excludes halogenated alkanes) is 1. The average molecular weight is 446 g/mol. The number of allylic oxidation sites excluding steroid dienone is 2. The van der Waals surface area contributed by atoms with Crippen molar-refractivity contribution in [1.82, 2.24) is 4.90 Å². The molecule has 174 valence electrons. The molecule has 0 aliphatic carbocycles. The van der Waals surface area contributed by atoms with Crippen molar-refractivity contribution in [1.29, 1.82) is 0 Å². The first kappa shape index (κ1) is 24.2. The smallest absolute Gasteiger partial charge is 0.162 e. The number of benzene rings is 2. The van der Waals surface area contributed by atoms with Gasteiger partial charge in [-0.05, 0) is 63.4 Å². The highest BCUT2D eigenvalue weighted by atomic mass is 16.5. The van der Waals surface area contributed by atoms with Crippen LogP contribution in [-0.4, -0.2) is 24.5 Å². The lowest BCUT2D eigenvalue weighted by atomic mass is 10.0. The summed E-state index contributed by atoms with van der Waals surface area (Å²) in [4.78, 5) is 7.19. The number of hydrogen-bond acceptors (Lipinski definition) is 5. The number of nitrogens with zero attached hydrogens (tertiary/aromatic N) is 2. The summed E-state index contributed by atoms with van der Waals surface area (Å²) in [6, 6.07) is 12.3. The second-order valence-electron chi connectivity index (χ2n) is 7.97. The van der Waals surface area contributed by atoms with Crippen molar-refractivity contribution in [2.75, 3.05) is 19.0 Å². The number of methoxy groups -OCH3 is 1. The van der Waals surface area contributed by atoms with Gasteiger partial charge in [-0.1, -0.05) is 37.6 Å². The molecule has 0 bridgehead atoms. The van der Waals surface area contributed by atoms with Gasteiger partial charge in [0.05, 0.1) is 25.1 Å². The summed E-state index contributed by atoms with van der Waals surface area (Å²) >= 11 is 0. The molecule has 0 saturated heterocycles. The molecule has 1 N–H and O–H groups in total. The molecule has 2 aromatic rings. The van der Waals surface area contributed by atoms with Gasteiger partial charge in [-0.15, -0.1) is 0 Å². The second-order valence-corrected chi connectivity index (χ2v) is 7.97. The van der Waals surface area contributed by atoms with Gasteiger partial charge in [-0.2, -0.15) is 0 Å². The van der Waals surface area contributed by atoms with Crippen molar-refractivity contribution in [2.24, 2.45) is 4.99 Å². The molecule has 0 amide bonds. The normalized spacial score (nSPS) is 15.0. The lowest BCUT2D eigenvalue weighted by Crippen LogP contribution is -2.27. The van der Waals surface area contributed by atoms with Crippen molar-refractivity contribution in [3.63, 3.8) is 0 Å². The van der Waals surface area contributed by atoms with Gasteiger partial charge in [-0.3, -0.25) is 0 Å². The number of amidine groups is 1. The van der Waals surface area contributed by atoms with Gasteiger partial charge >= 0.3 is 0 Å². The first-order chi connectivity index (χ1) is 16.0. The Balaban J connectivity index is 2.06. The van der Waals surface area contributed by atoms with E-state index in [9.17, 15) is 0 Å². The fourth-order valence-corrected chi connectivity index (χ4v) is 3.59. The van der Waals surface area contributed by atoms with Crippen molar-refractivity contribution < 1.29 is 9.47 Å². The summed E-state index contributed by atoms with van der Waals surface area (Å²) in [5.74, 6) is 2.21. The number of ether oxygens (including phenoxy) is 2. The zero-order valence-electron chi connectivity index (χ0n) is 20.6. The zero-order valence-corrected chi connectivity index (χ0v) is 20.6. The van der Waals surface area contributed by atoms with Crippen molar-refractivity contribution >= 4 is 17.2 Å². The van der Waals surface area contributed by atoms with Crippen LogP contribution in [0.3, 0.4) is 0 Å². The Hall–Kier alpha value is -3.47. The molecular weight excluding hydrogens is 410 g/mol. The van der Waals surface area contributed by atoms with Crippen LogP contribution in [-0.2, 0) is 0 Å². The molecule has 0 spiro atoms. The monoisotopic (exact) mass is 445 g/mol. The third kappa shape index (κ3) is 5.86. The van der Waals surface area contributed by atoms with E-state index in [2.05, 4.69) is 67.7 Å². The quantitative estimate of drug-likeness (QED) is 0.473. The summed E-state index contributed by atoms with van der Waals surface area (Å²) in [5, 5.41) is 3.53. The first-order valence-corrected chi connectivity index (χ1v) is 11.6. The molecule has 0 atom stereocenters. The average Bonchev–Trinajstić information content (AvgIpc) is 2.81. The number of aryl methyl sites for hydroxylation is 2. The van der Waals surface area contributed by atoms with E-state index >= 15 is 0 Å². The Morgan fingerprint density at radius 2 is 1.85 bits per heavy atom. The Bertz CT molecular complexity index is 1100. The highest BCUT2D eigenvalue weighted by Crippen LogP contribution is 2.32. The van der Waals surface area contributed by atoms with Crippen LogP contribution in [0.4, 0.5) is 5.69 Å². The van der Waals surface area contributed by atoms with Crippen LogP contribution >= 0.6 is 0 Å². The summed E-state index contributed by atoms with van der Waals surface area (Å²) < 4.78 is 11.2. The van der Waals surface area contributed by atoms with Crippen LogP contribution < -0.4 is 14.8 Å². The number of hydrogen-bond donors (Lipinski definition) is 1. The molecule has 3 rings (SSSR count). The molecule has 0 unspecified atom stereocenters. The lowest BCUT2D eigenvalue weighted by Gasteiger charge is -2.27. The fourth-order valence-electron chi connectivity index (χ4n) is 3.59. The third-order valence-electron chi connectivity index (χ3n) is 5.48. The lowest BCUT2D eigenvalue weighted by molar-refractivity contribution is 0.311. The number of rotatable bonds is 8. The van der Waals surface area contributed by atoms with Gasteiger partial charge in [0.1, 0.15) is 0 Å². The predicted molar refractivity (Wildman–Crippen MR) is 139 cm³/mol. The fraction of sp³-hybridized carbons (Fsp3) is 0.321. The zero-order chi connectivity index (χ0) is 23.8. The number of anilines is 1. The summed E-state index contributed by atoms with van der Waals surface area (Å²) in [6.07, 6.45) is 10.4. The Labute approximate surface area is 198 Å². The van der Waals surface area contributed by atoms with Crippen LogP contribution in [0.2, 0.25) is 0 Å². The molecule has 1 aliphatic rings. The standard InChI is InChI=1S/C28H35N3O2/c1-7-10-11-25-28(29-23-14-15-26(33-9-3)27(18-23)32-6)30-24(19-31(25)16-8-2)22-13-12-20(4)21(5)17-22/h8,11-19H,7,9-10H2,1-6H3,(H,29,30)/b16-8-,25-11+.